The maximum atomic E-state index is 12.6. The van der Waals surface area contributed by atoms with Gasteiger partial charge in [-0.25, -0.2) is 0 Å². The van der Waals surface area contributed by atoms with Crippen molar-refractivity contribution in [3.63, 3.8) is 0 Å². The Morgan fingerprint density at radius 1 is 1.20 bits per heavy atom. The first-order valence-corrected chi connectivity index (χ1v) is 10.9. The first-order chi connectivity index (χ1) is 13.9. The summed E-state index contributed by atoms with van der Waals surface area (Å²) in [5, 5.41) is 10.8. The second kappa shape index (κ2) is 7.06. The minimum atomic E-state index is -1.56. The van der Waals surface area contributed by atoms with E-state index in [1.165, 1.54) is 0 Å². The molecule has 1 N–H and O–H groups in total. The number of ether oxygens (including phenoxy) is 3. The van der Waals surface area contributed by atoms with Crippen LogP contribution in [0.1, 0.15) is 67.2 Å². The van der Waals surface area contributed by atoms with Crippen molar-refractivity contribution in [2.24, 2.45) is 17.8 Å². The Labute approximate surface area is 177 Å². The summed E-state index contributed by atoms with van der Waals surface area (Å²) in [5.41, 5.74) is 3.49. The smallest absolute Gasteiger partial charge is 0.320 e. The number of hydrogen-bond donors (Lipinski definition) is 1. The van der Waals surface area contributed by atoms with Crippen molar-refractivity contribution in [3.8, 4) is 0 Å². The van der Waals surface area contributed by atoms with Gasteiger partial charge in [0, 0.05) is 0 Å². The lowest BCUT2D eigenvalue weighted by Gasteiger charge is -2.39. The molecule has 1 aliphatic carbocycles. The van der Waals surface area contributed by atoms with E-state index in [9.17, 15) is 14.7 Å². The van der Waals surface area contributed by atoms with Gasteiger partial charge in [-0.2, -0.15) is 0 Å². The van der Waals surface area contributed by atoms with Gasteiger partial charge < -0.3 is 19.3 Å². The van der Waals surface area contributed by atoms with Gasteiger partial charge in [0.15, 0.2) is 5.79 Å². The van der Waals surface area contributed by atoms with Crippen molar-refractivity contribution in [1.29, 1.82) is 0 Å². The molecule has 2 saturated heterocycles. The highest BCUT2D eigenvalue weighted by Crippen LogP contribution is 2.52. The molecule has 0 aromatic heterocycles. The van der Waals surface area contributed by atoms with Crippen LogP contribution >= 0.6 is 0 Å². The minimum absolute atomic E-state index is 0.186. The van der Waals surface area contributed by atoms with Crippen LogP contribution in [0.3, 0.4) is 0 Å². The zero-order valence-electron chi connectivity index (χ0n) is 18.7. The third kappa shape index (κ3) is 3.25. The zero-order chi connectivity index (χ0) is 22.0. The average molecular weight is 417 g/mol. The second-order valence-corrected chi connectivity index (χ2v) is 9.85. The Hall–Kier alpha value is -1.92. The summed E-state index contributed by atoms with van der Waals surface area (Å²) >= 11 is 0. The van der Waals surface area contributed by atoms with E-state index in [1.54, 1.807) is 6.92 Å². The number of allylic oxidation sites excluding steroid dienone is 2. The van der Waals surface area contributed by atoms with E-state index in [4.69, 9.17) is 14.2 Å². The van der Waals surface area contributed by atoms with Crippen molar-refractivity contribution < 1.29 is 28.9 Å². The number of esters is 2. The molecule has 0 amide bonds. The molecule has 2 fully saturated rings. The van der Waals surface area contributed by atoms with E-state index >= 15 is 0 Å². The van der Waals surface area contributed by atoms with E-state index in [-0.39, 0.29) is 17.8 Å². The van der Waals surface area contributed by atoms with Crippen LogP contribution < -0.4 is 0 Å². The Kier molecular flexibility index (Phi) is 5.02. The third-order valence-corrected chi connectivity index (χ3v) is 7.27. The van der Waals surface area contributed by atoms with Crippen LogP contribution in [0.5, 0.6) is 0 Å². The molecule has 0 unspecified atom stereocenters. The van der Waals surface area contributed by atoms with Crippen molar-refractivity contribution >= 4 is 11.9 Å². The Balaban J connectivity index is 1.85. The molecule has 164 valence electrons. The van der Waals surface area contributed by atoms with Crippen LogP contribution in [-0.2, 0) is 23.8 Å². The first-order valence-electron chi connectivity index (χ1n) is 10.9. The molecule has 30 heavy (non-hydrogen) atoms. The highest BCUT2D eigenvalue weighted by molar-refractivity contribution is 5.80. The second-order valence-electron chi connectivity index (χ2n) is 9.85. The number of aliphatic hydroxyl groups is 1. The molecule has 3 heterocycles. The normalized spacial score (nSPS) is 39.3. The van der Waals surface area contributed by atoms with Crippen LogP contribution in [0.2, 0.25) is 0 Å². The third-order valence-electron chi connectivity index (χ3n) is 7.27. The topological polar surface area (TPSA) is 82.1 Å². The van der Waals surface area contributed by atoms with Gasteiger partial charge in [-0.15, -0.1) is 0 Å². The highest BCUT2D eigenvalue weighted by Gasteiger charge is 2.62. The molecule has 4 rings (SSSR count). The van der Waals surface area contributed by atoms with E-state index in [0.717, 1.165) is 22.3 Å². The number of hydrogen-bond acceptors (Lipinski definition) is 6. The van der Waals surface area contributed by atoms with Gasteiger partial charge in [-0.05, 0) is 69.6 Å². The van der Waals surface area contributed by atoms with Crippen LogP contribution in [0.15, 0.2) is 34.1 Å². The molecule has 4 aliphatic rings. The number of rotatable bonds is 1. The van der Waals surface area contributed by atoms with Crippen LogP contribution in [-0.4, -0.2) is 34.5 Å². The predicted molar refractivity (Wildman–Crippen MR) is 110 cm³/mol. The fraction of sp³-hybridized carbons (Fsp3) is 0.667. The average Bonchev–Trinajstić information content (AvgIpc) is 3.13. The van der Waals surface area contributed by atoms with Gasteiger partial charge in [-0.1, -0.05) is 25.5 Å². The molecule has 0 spiro atoms. The van der Waals surface area contributed by atoms with Gasteiger partial charge in [0.05, 0.1) is 18.4 Å². The zero-order valence-corrected chi connectivity index (χ0v) is 18.7. The van der Waals surface area contributed by atoms with Crippen molar-refractivity contribution in [2.75, 3.05) is 0 Å². The molecule has 0 saturated carbocycles. The van der Waals surface area contributed by atoms with Crippen LogP contribution in [0.25, 0.3) is 0 Å². The predicted octanol–water partition coefficient (Wildman–Crippen LogP) is 3.95. The maximum Gasteiger partial charge on any atom is 0.320 e. The number of fused-ring (bicyclic) bond motifs is 1. The van der Waals surface area contributed by atoms with Gasteiger partial charge in [0.25, 0.3) is 0 Å². The lowest BCUT2D eigenvalue weighted by Crippen LogP contribution is -2.39. The molecule has 0 aromatic carbocycles. The molecular weight excluding hydrogens is 384 g/mol. The van der Waals surface area contributed by atoms with E-state index in [0.29, 0.717) is 31.4 Å². The minimum Gasteiger partial charge on any atom is -0.455 e. The molecule has 6 heteroatoms. The summed E-state index contributed by atoms with van der Waals surface area (Å²) < 4.78 is 17.6. The summed E-state index contributed by atoms with van der Waals surface area (Å²) in [6.45, 7) is 11.7. The first kappa shape index (κ1) is 21.3. The Bertz CT molecular complexity index is 889. The molecular formula is C24H32O6. The summed E-state index contributed by atoms with van der Waals surface area (Å²) in [7, 11) is 0. The molecule has 5 atom stereocenters. The van der Waals surface area contributed by atoms with Crippen molar-refractivity contribution in [3.05, 3.63) is 34.1 Å². The van der Waals surface area contributed by atoms with E-state index in [2.05, 4.69) is 19.9 Å². The summed E-state index contributed by atoms with van der Waals surface area (Å²) in [6, 6.07) is 0. The standard InChI is InChI=1S/C24H32O6/c1-12(2)15-11-17(25)29-23(5)10-9-14(4)20-18-19(22(26)28-20)24(6,27)30-21(18)13(3)7-8-16(15)23/h7,12,18-19,21,27H,8-11H2,1-6H3/t18-,19+,21-,23-,24+/m1/s1. The Morgan fingerprint density at radius 2 is 1.90 bits per heavy atom. The van der Waals surface area contributed by atoms with E-state index in [1.807, 2.05) is 20.8 Å². The van der Waals surface area contributed by atoms with Crippen LogP contribution in [0, 0.1) is 17.8 Å². The van der Waals surface area contributed by atoms with Gasteiger partial charge in [0.1, 0.15) is 17.3 Å². The SMILES string of the molecule is CC1=CCC2=C(C(C)C)CC(=O)O[C@]2(C)CCC(C)=C2OC(=O)[C@@H]3[C@H]2[C@@H]1O[C@]3(C)O. The quantitative estimate of drug-likeness (QED) is 0.515. The maximum absolute atomic E-state index is 12.6. The monoisotopic (exact) mass is 416 g/mol. The molecule has 6 nitrogen and oxygen atoms in total. The summed E-state index contributed by atoms with van der Waals surface area (Å²) in [5.74, 6) is -2.42. The Morgan fingerprint density at radius 3 is 2.57 bits per heavy atom. The molecule has 0 aromatic rings. The fourth-order valence-corrected chi connectivity index (χ4v) is 5.53. The highest BCUT2D eigenvalue weighted by atomic mass is 16.6. The fourth-order valence-electron chi connectivity index (χ4n) is 5.53. The van der Waals surface area contributed by atoms with Gasteiger partial charge in [-0.3, -0.25) is 9.59 Å². The summed E-state index contributed by atoms with van der Waals surface area (Å²) in [4.78, 5) is 25.0. The molecule has 0 bridgehead atoms. The number of carbonyl (C=O) groups excluding carboxylic acids is 2. The van der Waals surface area contributed by atoms with Gasteiger partial charge in [0.2, 0.25) is 0 Å². The number of carbonyl (C=O) groups is 2. The lowest BCUT2D eigenvalue weighted by atomic mass is 9.78. The van der Waals surface area contributed by atoms with Gasteiger partial charge >= 0.3 is 11.9 Å². The molecule has 0 radical (unpaired) electrons. The lowest BCUT2D eigenvalue weighted by molar-refractivity contribution is -0.200. The van der Waals surface area contributed by atoms with Crippen LogP contribution in [0.4, 0.5) is 0 Å². The van der Waals surface area contributed by atoms with Crippen molar-refractivity contribution in [2.45, 2.75) is 84.7 Å². The van der Waals surface area contributed by atoms with E-state index < -0.39 is 29.4 Å². The molecule has 3 aliphatic heterocycles. The summed E-state index contributed by atoms with van der Waals surface area (Å²) in [6.07, 6.45) is 3.87. The van der Waals surface area contributed by atoms with Crippen molar-refractivity contribution in [1.82, 2.24) is 0 Å². The largest absolute Gasteiger partial charge is 0.455 e.